The maximum atomic E-state index is 13.3. The van der Waals surface area contributed by atoms with Crippen molar-refractivity contribution in [1.82, 2.24) is 5.01 Å². The van der Waals surface area contributed by atoms with Crippen LogP contribution in [0.1, 0.15) is 40.9 Å². The van der Waals surface area contributed by atoms with Gasteiger partial charge in [0.05, 0.1) is 28.1 Å². The van der Waals surface area contributed by atoms with Crippen LogP contribution in [-0.4, -0.2) is 30.8 Å². The van der Waals surface area contributed by atoms with Crippen molar-refractivity contribution in [2.24, 2.45) is 5.10 Å². The molecule has 1 aliphatic rings. The summed E-state index contributed by atoms with van der Waals surface area (Å²) in [7, 11) is -3.35. The van der Waals surface area contributed by atoms with Crippen molar-refractivity contribution in [3.05, 3.63) is 101 Å². The van der Waals surface area contributed by atoms with E-state index in [9.17, 15) is 13.2 Å². The van der Waals surface area contributed by atoms with Gasteiger partial charge in [0.15, 0.2) is 0 Å². The molecule has 3 aromatic rings. The van der Waals surface area contributed by atoms with Crippen molar-refractivity contribution in [2.75, 3.05) is 10.5 Å². The molecule has 3 aromatic carbocycles. The molecular formula is C24H22ClN3O3S. The summed E-state index contributed by atoms with van der Waals surface area (Å²) in [5.74, 6) is -0.272. The van der Waals surface area contributed by atoms with Crippen LogP contribution >= 0.6 is 11.6 Å². The van der Waals surface area contributed by atoms with Gasteiger partial charge < -0.3 is 0 Å². The molecule has 0 aromatic heterocycles. The first-order valence-electron chi connectivity index (χ1n) is 10.2. The number of benzene rings is 3. The average molecular weight is 468 g/mol. The van der Waals surface area contributed by atoms with E-state index in [0.717, 1.165) is 16.8 Å². The van der Waals surface area contributed by atoms with Gasteiger partial charge in [0.2, 0.25) is 10.0 Å². The smallest absolute Gasteiger partial charge is 0.276 e. The van der Waals surface area contributed by atoms with Gasteiger partial charge in [-0.25, -0.2) is 13.4 Å². The van der Waals surface area contributed by atoms with E-state index in [-0.39, 0.29) is 17.7 Å². The predicted octanol–water partition coefficient (Wildman–Crippen LogP) is 5.09. The molecule has 6 nitrogen and oxygen atoms in total. The fraction of sp³-hybridized carbons (Fsp3) is 0.167. The Bertz CT molecular complexity index is 1260. The third kappa shape index (κ3) is 4.69. The van der Waals surface area contributed by atoms with Crippen LogP contribution in [-0.2, 0) is 10.0 Å². The van der Waals surface area contributed by atoms with E-state index < -0.39 is 10.0 Å². The zero-order chi connectivity index (χ0) is 22.7. The lowest BCUT2D eigenvalue weighted by atomic mass is 9.98. The number of halogens is 1. The monoisotopic (exact) mass is 467 g/mol. The number of nitrogens with zero attached hydrogens (tertiary/aromatic N) is 2. The topological polar surface area (TPSA) is 78.8 Å². The standard InChI is InChI=1S/C24H22ClN3O3S/c1-2-32(30,31)27-19-14-12-17(13-15-19)22-16-23(18-8-4-3-5-9-18)28(26-22)24(29)20-10-6-7-11-21(20)25/h3-15,23,27H,2,16H2,1H3/t23-/m0/s1. The van der Waals surface area contributed by atoms with Crippen LogP contribution in [0, 0.1) is 0 Å². The highest BCUT2D eigenvalue weighted by Crippen LogP contribution is 2.35. The zero-order valence-corrected chi connectivity index (χ0v) is 19.0. The maximum Gasteiger partial charge on any atom is 0.276 e. The fourth-order valence-electron chi connectivity index (χ4n) is 3.55. The van der Waals surface area contributed by atoms with Gasteiger partial charge in [-0.3, -0.25) is 9.52 Å². The third-order valence-electron chi connectivity index (χ3n) is 5.28. The molecule has 0 bridgehead atoms. The lowest BCUT2D eigenvalue weighted by Gasteiger charge is -2.22. The molecule has 1 aliphatic heterocycles. The summed E-state index contributed by atoms with van der Waals surface area (Å²) in [5.41, 5.74) is 3.41. The van der Waals surface area contributed by atoms with Crippen LogP contribution in [0.4, 0.5) is 5.69 Å². The predicted molar refractivity (Wildman–Crippen MR) is 127 cm³/mol. The van der Waals surface area contributed by atoms with Gasteiger partial charge in [0, 0.05) is 12.1 Å². The molecule has 8 heteroatoms. The highest BCUT2D eigenvalue weighted by atomic mass is 35.5. The average Bonchev–Trinajstić information content (AvgIpc) is 3.25. The number of hydrazone groups is 1. The summed E-state index contributed by atoms with van der Waals surface area (Å²) in [6.07, 6.45) is 0.528. The van der Waals surface area contributed by atoms with E-state index >= 15 is 0 Å². The van der Waals surface area contributed by atoms with Crippen LogP contribution in [0.3, 0.4) is 0 Å². The molecule has 32 heavy (non-hydrogen) atoms. The Hall–Kier alpha value is -3.16. The number of carbonyl (C=O) groups is 1. The minimum atomic E-state index is -3.35. The van der Waals surface area contributed by atoms with Gasteiger partial charge >= 0.3 is 0 Å². The summed E-state index contributed by atoms with van der Waals surface area (Å²) in [5, 5.41) is 6.52. The summed E-state index contributed by atoms with van der Waals surface area (Å²) >= 11 is 6.27. The van der Waals surface area contributed by atoms with Gasteiger partial charge in [0.1, 0.15) is 0 Å². The largest absolute Gasteiger partial charge is 0.284 e. The van der Waals surface area contributed by atoms with Gasteiger partial charge in [-0.05, 0) is 42.3 Å². The molecule has 4 rings (SSSR count). The van der Waals surface area contributed by atoms with Crippen LogP contribution in [0.15, 0.2) is 84.0 Å². The van der Waals surface area contributed by atoms with Crippen molar-refractivity contribution in [3.8, 4) is 0 Å². The van der Waals surface area contributed by atoms with Gasteiger partial charge in [-0.1, -0.05) is 66.2 Å². The first kappa shape index (κ1) is 22.0. The molecule has 1 atom stereocenters. The molecule has 0 saturated heterocycles. The Kier molecular flexibility index (Phi) is 6.30. The minimum Gasteiger partial charge on any atom is -0.284 e. The number of carbonyl (C=O) groups excluding carboxylic acids is 1. The Morgan fingerprint density at radius 1 is 1.03 bits per heavy atom. The number of nitrogens with one attached hydrogen (secondary N) is 1. The molecule has 1 N–H and O–H groups in total. The van der Waals surface area contributed by atoms with Gasteiger partial charge in [-0.2, -0.15) is 5.10 Å². The molecule has 1 amide bonds. The zero-order valence-electron chi connectivity index (χ0n) is 17.4. The van der Waals surface area contributed by atoms with E-state index in [0.29, 0.717) is 22.7 Å². The van der Waals surface area contributed by atoms with Crippen molar-refractivity contribution in [2.45, 2.75) is 19.4 Å². The van der Waals surface area contributed by atoms with E-state index in [2.05, 4.69) is 9.82 Å². The molecule has 0 spiro atoms. The van der Waals surface area contributed by atoms with Crippen molar-refractivity contribution >= 4 is 38.9 Å². The van der Waals surface area contributed by atoms with Crippen molar-refractivity contribution < 1.29 is 13.2 Å². The maximum absolute atomic E-state index is 13.3. The lowest BCUT2D eigenvalue weighted by molar-refractivity contribution is 0.0711. The first-order valence-corrected chi connectivity index (χ1v) is 12.2. The van der Waals surface area contributed by atoms with Crippen molar-refractivity contribution in [1.29, 1.82) is 0 Å². The van der Waals surface area contributed by atoms with Crippen LogP contribution < -0.4 is 4.72 Å². The SMILES string of the molecule is CCS(=O)(=O)Nc1ccc(C2=NN(C(=O)c3ccccc3Cl)[C@H](c3ccccc3)C2)cc1. The van der Waals surface area contributed by atoms with E-state index in [1.165, 1.54) is 5.01 Å². The summed E-state index contributed by atoms with van der Waals surface area (Å²) < 4.78 is 26.1. The number of rotatable bonds is 6. The molecule has 0 radical (unpaired) electrons. The Morgan fingerprint density at radius 3 is 2.34 bits per heavy atom. The summed E-state index contributed by atoms with van der Waals surface area (Å²) in [6, 6.07) is 23.4. The molecule has 1 heterocycles. The quantitative estimate of drug-likeness (QED) is 0.548. The minimum absolute atomic E-state index is 0.000662. The van der Waals surface area contributed by atoms with Gasteiger partial charge in [0.25, 0.3) is 5.91 Å². The summed E-state index contributed by atoms with van der Waals surface area (Å²) in [4.78, 5) is 13.3. The van der Waals surface area contributed by atoms with Crippen molar-refractivity contribution in [3.63, 3.8) is 0 Å². The molecule has 164 valence electrons. The van der Waals surface area contributed by atoms with Crippen LogP contribution in [0.25, 0.3) is 0 Å². The van der Waals surface area contributed by atoms with E-state index in [1.807, 2.05) is 30.3 Å². The summed E-state index contributed by atoms with van der Waals surface area (Å²) in [6.45, 7) is 1.58. The Labute approximate surface area is 192 Å². The molecule has 0 saturated carbocycles. The number of anilines is 1. The number of sulfonamides is 1. The molecule has 0 fully saturated rings. The molecule has 0 aliphatic carbocycles. The highest BCUT2D eigenvalue weighted by Gasteiger charge is 2.34. The second-order valence-electron chi connectivity index (χ2n) is 7.39. The van der Waals surface area contributed by atoms with Gasteiger partial charge in [-0.15, -0.1) is 0 Å². The fourth-order valence-corrected chi connectivity index (χ4v) is 4.40. The number of hydrogen-bond acceptors (Lipinski definition) is 4. The second kappa shape index (κ2) is 9.14. The normalized spacial score (nSPS) is 16.0. The highest BCUT2D eigenvalue weighted by molar-refractivity contribution is 7.92. The van der Waals surface area contributed by atoms with Crippen LogP contribution in [0.2, 0.25) is 5.02 Å². The second-order valence-corrected chi connectivity index (χ2v) is 9.81. The Morgan fingerprint density at radius 2 is 1.69 bits per heavy atom. The lowest BCUT2D eigenvalue weighted by Crippen LogP contribution is -2.27. The Balaban J connectivity index is 1.66. The third-order valence-corrected chi connectivity index (χ3v) is 6.91. The van der Waals surface area contributed by atoms with E-state index in [1.54, 1.807) is 55.5 Å². The molecule has 0 unspecified atom stereocenters. The first-order chi connectivity index (χ1) is 15.4. The number of hydrogen-bond donors (Lipinski definition) is 1. The number of amides is 1. The van der Waals surface area contributed by atoms with Crippen LogP contribution in [0.5, 0.6) is 0 Å². The molecular weight excluding hydrogens is 446 g/mol. The van der Waals surface area contributed by atoms with E-state index in [4.69, 9.17) is 11.6 Å².